The summed E-state index contributed by atoms with van der Waals surface area (Å²) >= 11 is 0. The third-order valence-electron chi connectivity index (χ3n) is 2.56. The molecule has 1 rings (SSSR count). The van der Waals surface area contributed by atoms with Gasteiger partial charge in [0.25, 0.3) is 0 Å². The van der Waals surface area contributed by atoms with Crippen LogP contribution in [0.3, 0.4) is 0 Å². The van der Waals surface area contributed by atoms with Crippen molar-refractivity contribution in [3.05, 3.63) is 17.0 Å². The Morgan fingerprint density at radius 3 is 2.62 bits per heavy atom. The van der Waals surface area contributed by atoms with Crippen molar-refractivity contribution in [2.75, 3.05) is 6.61 Å². The molecule has 0 spiro atoms. The summed E-state index contributed by atoms with van der Waals surface area (Å²) in [5, 5.41) is 6.75. The number of unbranched alkanes of at least 4 members (excludes halogenated alkanes) is 3. The normalized spacial score (nSPS) is 10.4. The number of nitrogens with zero attached hydrogens (tertiary/aromatic N) is 1. The van der Waals surface area contributed by atoms with Gasteiger partial charge in [0, 0.05) is 5.69 Å². The van der Waals surface area contributed by atoms with Gasteiger partial charge in [0.1, 0.15) is 5.56 Å². The lowest BCUT2D eigenvalue weighted by molar-refractivity contribution is 0.0496. The van der Waals surface area contributed by atoms with Gasteiger partial charge in [-0.2, -0.15) is 5.10 Å². The van der Waals surface area contributed by atoms with Gasteiger partial charge >= 0.3 is 5.97 Å². The first kappa shape index (κ1) is 12.7. The second-order valence-corrected chi connectivity index (χ2v) is 4.01. The molecule has 4 nitrogen and oxygen atoms in total. The Kier molecular flexibility index (Phi) is 5.02. The Morgan fingerprint density at radius 1 is 1.31 bits per heavy atom. The van der Waals surface area contributed by atoms with Crippen LogP contribution in [0.15, 0.2) is 0 Å². The molecule has 1 aromatic heterocycles. The number of nitrogens with one attached hydrogen (secondary N) is 1. The van der Waals surface area contributed by atoms with E-state index in [1.54, 1.807) is 6.92 Å². The summed E-state index contributed by atoms with van der Waals surface area (Å²) in [6.07, 6.45) is 4.44. The van der Waals surface area contributed by atoms with Crippen molar-refractivity contribution in [3.8, 4) is 0 Å². The van der Waals surface area contributed by atoms with Gasteiger partial charge in [0.2, 0.25) is 0 Å². The molecule has 1 aromatic rings. The maximum atomic E-state index is 11.7. The van der Waals surface area contributed by atoms with Crippen molar-refractivity contribution >= 4 is 5.97 Å². The molecule has 0 amide bonds. The highest BCUT2D eigenvalue weighted by Gasteiger charge is 2.16. The molecule has 1 N–H and O–H groups in total. The van der Waals surface area contributed by atoms with Crippen molar-refractivity contribution < 1.29 is 9.53 Å². The highest BCUT2D eigenvalue weighted by atomic mass is 16.5. The zero-order valence-electron chi connectivity index (χ0n) is 10.3. The lowest BCUT2D eigenvalue weighted by Crippen LogP contribution is -2.08. The van der Waals surface area contributed by atoms with Gasteiger partial charge in [0.05, 0.1) is 12.3 Å². The van der Waals surface area contributed by atoms with Gasteiger partial charge in [-0.3, -0.25) is 5.10 Å². The van der Waals surface area contributed by atoms with Crippen LogP contribution in [0.4, 0.5) is 0 Å². The average molecular weight is 224 g/mol. The fourth-order valence-electron chi connectivity index (χ4n) is 1.62. The minimum Gasteiger partial charge on any atom is -0.462 e. The van der Waals surface area contributed by atoms with Crippen LogP contribution < -0.4 is 0 Å². The Bertz CT molecular complexity index is 325. The van der Waals surface area contributed by atoms with Gasteiger partial charge < -0.3 is 4.74 Å². The second kappa shape index (κ2) is 6.30. The van der Waals surface area contributed by atoms with E-state index in [0.29, 0.717) is 17.9 Å². The first-order valence-electron chi connectivity index (χ1n) is 5.85. The molecule has 0 bridgehead atoms. The second-order valence-electron chi connectivity index (χ2n) is 4.01. The lowest BCUT2D eigenvalue weighted by Gasteiger charge is -2.04. The van der Waals surface area contributed by atoms with Crippen LogP contribution >= 0.6 is 0 Å². The summed E-state index contributed by atoms with van der Waals surface area (Å²) in [6.45, 7) is 6.29. The van der Waals surface area contributed by atoms with Crippen molar-refractivity contribution in [3.63, 3.8) is 0 Å². The molecule has 0 aromatic carbocycles. The van der Waals surface area contributed by atoms with Gasteiger partial charge in [-0.25, -0.2) is 4.79 Å². The van der Waals surface area contributed by atoms with E-state index in [2.05, 4.69) is 17.1 Å². The molecule has 0 saturated heterocycles. The maximum absolute atomic E-state index is 11.7. The standard InChI is InChI=1S/C12H20N2O2/c1-4-5-6-7-8-16-12(15)11-9(2)13-14-10(11)3/h4-8H2,1-3H3,(H,13,14). The summed E-state index contributed by atoms with van der Waals surface area (Å²) < 4.78 is 5.20. The molecule has 0 unspecified atom stereocenters. The van der Waals surface area contributed by atoms with E-state index in [4.69, 9.17) is 4.74 Å². The van der Waals surface area contributed by atoms with Crippen LogP contribution in [0.1, 0.15) is 54.4 Å². The molecule has 0 aliphatic carbocycles. The van der Waals surface area contributed by atoms with E-state index in [0.717, 1.165) is 18.5 Å². The minimum absolute atomic E-state index is 0.264. The molecule has 0 aliphatic rings. The van der Waals surface area contributed by atoms with Crippen LogP contribution in [-0.4, -0.2) is 22.8 Å². The number of ether oxygens (including phenoxy) is 1. The molecular formula is C12H20N2O2. The quantitative estimate of drug-likeness (QED) is 0.597. The largest absolute Gasteiger partial charge is 0.462 e. The van der Waals surface area contributed by atoms with Crippen molar-refractivity contribution in [2.24, 2.45) is 0 Å². The third-order valence-corrected chi connectivity index (χ3v) is 2.56. The molecule has 0 aliphatic heterocycles. The van der Waals surface area contributed by atoms with Crippen molar-refractivity contribution in [1.82, 2.24) is 10.2 Å². The monoisotopic (exact) mass is 224 g/mol. The fraction of sp³-hybridized carbons (Fsp3) is 0.667. The number of carbonyl (C=O) groups excluding carboxylic acids is 1. The van der Waals surface area contributed by atoms with E-state index >= 15 is 0 Å². The maximum Gasteiger partial charge on any atom is 0.341 e. The number of aryl methyl sites for hydroxylation is 2. The summed E-state index contributed by atoms with van der Waals surface area (Å²) in [6, 6.07) is 0. The molecule has 0 atom stereocenters. The van der Waals surface area contributed by atoms with Gasteiger partial charge in [0.15, 0.2) is 0 Å². The molecule has 16 heavy (non-hydrogen) atoms. The molecule has 90 valence electrons. The summed E-state index contributed by atoms with van der Waals surface area (Å²) in [5.41, 5.74) is 2.06. The number of esters is 1. The lowest BCUT2D eigenvalue weighted by atomic mass is 10.2. The third kappa shape index (κ3) is 3.36. The smallest absolute Gasteiger partial charge is 0.341 e. The first-order chi connectivity index (χ1) is 7.66. The Morgan fingerprint density at radius 2 is 2.06 bits per heavy atom. The van der Waals surface area contributed by atoms with Crippen LogP contribution in [0.5, 0.6) is 0 Å². The Balaban J connectivity index is 2.36. The Labute approximate surface area is 96.4 Å². The summed E-state index contributed by atoms with van der Waals surface area (Å²) in [4.78, 5) is 11.7. The number of H-pyrrole nitrogens is 1. The van der Waals surface area contributed by atoms with Crippen molar-refractivity contribution in [1.29, 1.82) is 0 Å². The average Bonchev–Trinajstić information content (AvgIpc) is 2.58. The molecule has 4 heteroatoms. The predicted molar refractivity (Wildman–Crippen MR) is 62.5 cm³/mol. The van der Waals surface area contributed by atoms with E-state index < -0.39 is 0 Å². The predicted octanol–water partition coefficient (Wildman–Crippen LogP) is 2.76. The number of aromatic amines is 1. The SMILES string of the molecule is CCCCCCOC(=O)c1c(C)n[nH]c1C. The highest BCUT2D eigenvalue weighted by molar-refractivity contribution is 5.91. The topological polar surface area (TPSA) is 55.0 Å². The van der Waals surface area contributed by atoms with Gasteiger partial charge in [-0.05, 0) is 20.3 Å². The number of rotatable bonds is 6. The summed E-state index contributed by atoms with van der Waals surface area (Å²) in [5.74, 6) is -0.264. The van der Waals surface area contributed by atoms with Crippen LogP contribution in [-0.2, 0) is 4.74 Å². The first-order valence-corrected chi connectivity index (χ1v) is 5.85. The number of hydrogen-bond donors (Lipinski definition) is 1. The van der Waals surface area contributed by atoms with Crippen molar-refractivity contribution in [2.45, 2.75) is 46.5 Å². The summed E-state index contributed by atoms with van der Waals surface area (Å²) in [7, 11) is 0. The molecule has 0 fully saturated rings. The molecule has 0 radical (unpaired) electrons. The van der Waals surface area contributed by atoms with E-state index in [1.807, 2.05) is 6.92 Å². The van der Waals surface area contributed by atoms with E-state index in [9.17, 15) is 4.79 Å². The van der Waals surface area contributed by atoms with Crippen LogP contribution in [0.25, 0.3) is 0 Å². The zero-order valence-corrected chi connectivity index (χ0v) is 10.3. The highest BCUT2D eigenvalue weighted by Crippen LogP contribution is 2.11. The van der Waals surface area contributed by atoms with E-state index in [1.165, 1.54) is 12.8 Å². The fourth-order valence-corrected chi connectivity index (χ4v) is 1.62. The van der Waals surface area contributed by atoms with Gasteiger partial charge in [-0.15, -0.1) is 0 Å². The number of hydrogen-bond acceptors (Lipinski definition) is 3. The van der Waals surface area contributed by atoms with E-state index in [-0.39, 0.29) is 5.97 Å². The number of aromatic nitrogens is 2. The number of carbonyl (C=O) groups is 1. The molecule has 0 saturated carbocycles. The molecular weight excluding hydrogens is 204 g/mol. The minimum atomic E-state index is -0.264. The van der Waals surface area contributed by atoms with Gasteiger partial charge in [-0.1, -0.05) is 26.2 Å². The molecule has 1 heterocycles. The zero-order chi connectivity index (χ0) is 12.0. The Hall–Kier alpha value is -1.32. The van der Waals surface area contributed by atoms with Crippen LogP contribution in [0.2, 0.25) is 0 Å². The van der Waals surface area contributed by atoms with Crippen LogP contribution in [0, 0.1) is 13.8 Å².